The molecular weight excluding hydrogens is 228 g/mol. The molecule has 2 aliphatic heterocycles. The third-order valence-electron chi connectivity index (χ3n) is 4.45. The Balaban J connectivity index is 1.66. The monoisotopic (exact) mass is 256 g/mol. The van der Waals surface area contributed by atoms with Crippen LogP contribution < -0.4 is 5.32 Å². The summed E-state index contributed by atoms with van der Waals surface area (Å²) in [6.45, 7) is 9.89. The Bertz CT molecular complexity index is 250. The van der Waals surface area contributed by atoms with Crippen LogP contribution in [0.25, 0.3) is 0 Å². The van der Waals surface area contributed by atoms with Crippen molar-refractivity contribution in [3.05, 3.63) is 0 Å². The number of β-amino-alcohol motifs (C(OH)–C–C–N with tert-alkyl or cyclic N) is 1. The number of ether oxygens (including phenoxy) is 1. The molecule has 2 N–H and O–H groups in total. The normalized spacial score (nSPS) is 33.8. The van der Waals surface area contributed by atoms with Crippen LogP contribution in [0.3, 0.4) is 0 Å². The SMILES string of the molecule is CCCCOCC(O)CN1CC2CNCC2C1C. The molecule has 2 fully saturated rings. The van der Waals surface area contributed by atoms with Gasteiger partial charge in [0.05, 0.1) is 12.7 Å². The number of aliphatic hydroxyl groups is 1. The van der Waals surface area contributed by atoms with Crippen LogP contribution in [-0.2, 0) is 4.74 Å². The molecule has 4 heteroatoms. The van der Waals surface area contributed by atoms with Crippen LogP contribution in [0.5, 0.6) is 0 Å². The fourth-order valence-electron chi connectivity index (χ4n) is 3.29. The maximum Gasteiger partial charge on any atom is 0.0900 e. The number of hydrogen-bond donors (Lipinski definition) is 2. The number of nitrogens with one attached hydrogen (secondary N) is 1. The fraction of sp³-hybridized carbons (Fsp3) is 1.00. The van der Waals surface area contributed by atoms with Crippen LogP contribution in [0.2, 0.25) is 0 Å². The number of unbranched alkanes of at least 4 members (excludes halogenated alkanes) is 1. The zero-order valence-corrected chi connectivity index (χ0v) is 11.8. The number of aliphatic hydroxyl groups excluding tert-OH is 1. The summed E-state index contributed by atoms with van der Waals surface area (Å²) in [5, 5.41) is 13.5. The van der Waals surface area contributed by atoms with Gasteiger partial charge < -0.3 is 15.2 Å². The van der Waals surface area contributed by atoms with E-state index in [9.17, 15) is 5.11 Å². The largest absolute Gasteiger partial charge is 0.389 e. The first-order chi connectivity index (χ1) is 8.72. The van der Waals surface area contributed by atoms with Crippen LogP contribution >= 0.6 is 0 Å². The first-order valence-corrected chi connectivity index (χ1v) is 7.43. The summed E-state index contributed by atoms with van der Waals surface area (Å²) in [4.78, 5) is 2.43. The molecule has 106 valence electrons. The van der Waals surface area contributed by atoms with E-state index in [1.807, 2.05) is 0 Å². The summed E-state index contributed by atoms with van der Waals surface area (Å²) >= 11 is 0. The van der Waals surface area contributed by atoms with E-state index in [1.165, 1.54) is 0 Å². The molecule has 0 saturated carbocycles. The third-order valence-corrected chi connectivity index (χ3v) is 4.45. The second-order valence-corrected chi connectivity index (χ2v) is 5.86. The molecule has 0 aromatic carbocycles. The number of rotatable bonds is 7. The summed E-state index contributed by atoms with van der Waals surface area (Å²) in [6.07, 6.45) is 1.90. The van der Waals surface area contributed by atoms with Crippen LogP contribution in [0.15, 0.2) is 0 Å². The molecule has 0 aromatic heterocycles. The lowest BCUT2D eigenvalue weighted by Crippen LogP contribution is -2.40. The van der Waals surface area contributed by atoms with Crippen molar-refractivity contribution in [2.75, 3.05) is 39.4 Å². The van der Waals surface area contributed by atoms with Gasteiger partial charge in [-0.3, -0.25) is 4.90 Å². The summed E-state index contributed by atoms with van der Waals surface area (Å²) < 4.78 is 5.49. The van der Waals surface area contributed by atoms with Crippen LogP contribution in [0.4, 0.5) is 0 Å². The molecule has 4 unspecified atom stereocenters. The highest BCUT2D eigenvalue weighted by Crippen LogP contribution is 2.32. The molecule has 0 aliphatic carbocycles. The van der Waals surface area contributed by atoms with E-state index in [1.54, 1.807) is 0 Å². The van der Waals surface area contributed by atoms with E-state index in [0.29, 0.717) is 12.6 Å². The molecule has 4 nitrogen and oxygen atoms in total. The highest BCUT2D eigenvalue weighted by molar-refractivity contribution is 4.96. The molecule has 2 aliphatic rings. The molecule has 0 radical (unpaired) electrons. The van der Waals surface area contributed by atoms with Gasteiger partial charge in [0, 0.05) is 25.7 Å². The Morgan fingerprint density at radius 2 is 2.28 bits per heavy atom. The average Bonchev–Trinajstić information content (AvgIpc) is 2.90. The molecular formula is C14H28N2O2. The second-order valence-electron chi connectivity index (χ2n) is 5.86. The van der Waals surface area contributed by atoms with E-state index in [4.69, 9.17) is 4.74 Å². The van der Waals surface area contributed by atoms with Crippen molar-refractivity contribution in [3.8, 4) is 0 Å². The maximum absolute atomic E-state index is 10.0. The molecule has 2 heterocycles. The van der Waals surface area contributed by atoms with E-state index in [0.717, 1.165) is 57.5 Å². The van der Waals surface area contributed by atoms with E-state index < -0.39 is 0 Å². The molecule has 2 saturated heterocycles. The highest BCUT2D eigenvalue weighted by atomic mass is 16.5. The van der Waals surface area contributed by atoms with Crippen molar-refractivity contribution >= 4 is 0 Å². The van der Waals surface area contributed by atoms with E-state index in [2.05, 4.69) is 24.1 Å². The Hall–Kier alpha value is -0.160. The molecule has 18 heavy (non-hydrogen) atoms. The van der Waals surface area contributed by atoms with Gasteiger partial charge >= 0.3 is 0 Å². The molecule has 0 aromatic rings. The van der Waals surface area contributed by atoms with Gasteiger partial charge in [0.15, 0.2) is 0 Å². The highest BCUT2D eigenvalue weighted by Gasteiger charge is 2.41. The number of hydrogen-bond acceptors (Lipinski definition) is 4. The molecule has 2 rings (SSSR count). The van der Waals surface area contributed by atoms with Gasteiger partial charge in [-0.15, -0.1) is 0 Å². The van der Waals surface area contributed by atoms with Gasteiger partial charge in [0.1, 0.15) is 0 Å². The van der Waals surface area contributed by atoms with Gasteiger partial charge in [0.2, 0.25) is 0 Å². The van der Waals surface area contributed by atoms with Gasteiger partial charge in [-0.1, -0.05) is 13.3 Å². The zero-order chi connectivity index (χ0) is 13.0. The fourth-order valence-corrected chi connectivity index (χ4v) is 3.29. The minimum absolute atomic E-state index is 0.337. The Morgan fingerprint density at radius 1 is 1.44 bits per heavy atom. The van der Waals surface area contributed by atoms with Gasteiger partial charge in [-0.2, -0.15) is 0 Å². The van der Waals surface area contributed by atoms with Crippen molar-refractivity contribution in [1.82, 2.24) is 10.2 Å². The molecule has 0 amide bonds. The van der Waals surface area contributed by atoms with Crippen molar-refractivity contribution < 1.29 is 9.84 Å². The zero-order valence-electron chi connectivity index (χ0n) is 11.8. The van der Waals surface area contributed by atoms with Gasteiger partial charge in [0.25, 0.3) is 0 Å². The lowest BCUT2D eigenvalue weighted by atomic mass is 9.95. The topological polar surface area (TPSA) is 44.7 Å². The lowest BCUT2D eigenvalue weighted by molar-refractivity contribution is 0.0129. The second kappa shape index (κ2) is 6.85. The van der Waals surface area contributed by atoms with E-state index >= 15 is 0 Å². The molecule has 4 atom stereocenters. The van der Waals surface area contributed by atoms with Crippen molar-refractivity contribution in [1.29, 1.82) is 0 Å². The summed E-state index contributed by atoms with van der Waals surface area (Å²) in [7, 11) is 0. The smallest absolute Gasteiger partial charge is 0.0900 e. The average molecular weight is 256 g/mol. The Morgan fingerprint density at radius 3 is 3.00 bits per heavy atom. The first kappa shape index (κ1) is 14.3. The minimum atomic E-state index is -0.337. The quantitative estimate of drug-likeness (QED) is 0.658. The van der Waals surface area contributed by atoms with Crippen molar-refractivity contribution in [3.63, 3.8) is 0 Å². The van der Waals surface area contributed by atoms with Crippen LogP contribution in [-0.4, -0.2) is 61.5 Å². The molecule has 0 spiro atoms. The maximum atomic E-state index is 10.0. The van der Waals surface area contributed by atoms with Crippen molar-refractivity contribution in [2.45, 2.75) is 38.8 Å². The van der Waals surface area contributed by atoms with Crippen molar-refractivity contribution in [2.24, 2.45) is 11.8 Å². The lowest BCUT2D eigenvalue weighted by Gasteiger charge is -2.26. The number of fused-ring (bicyclic) bond motifs is 1. The standard InChI is InChI=1S/C14H28N2O2/c1-3-4-5-18-10-13(17)9-16-8-12-6-15-7-14(12)11(16)2/h11-15,17H,3-10H2,1-2H3. The first-order valence-electron chi connectivity index (χ1n) is 7.43. The number of likely N-dealkylation sites (tertiary alicyclic amines) is 1. The van der Waals surface area contributed by atoms with Gasteiger partial charge in [-0.05, 0) is 38.3 Å². The van der Waals surface area contributed by atoms with Crippen LogP contribution in [0.1, 0.15) is 26.7 Å². The predicted molar refractivity (Wildman–Crippen MR) is 72.6 cm³/mol. The third kappa shape index (κ3) is 3.44. The molecule has 0 bridgehead atoms. The summed E-state index contributed by atoms with van der Waals surface area (Å²) in [5.41, 5.74) is 0. The summed E-state index contributed by atoms with van der Waals surface area (Å²) in [6, 6.07) is 0.593. The van der Waals surface area contributed by atoms with E-state index in [-0.39, 0.29) is 6.10 Å². The Kier molecular flexibility index (Phi) is 5.42. The number of nitrogens with zero attached hydrogens (tertiary/aromatic N) is 1. The Labute approximate surface area is 111 Å². The summed E-state index contributed by atoms with van der Waals surface area (Å²) in [5.74, 6) is 1.56. The predicted octanol–water partition coefficient (Wildman–Crippen LogP) is 0.704. The van der Waals surface area contributed by atoms with Gasteiger partial charge in [-0.25, -0.2) is 0 Å². The van der Waals surface area contributed by atoms with Crippen LogP contribution in [0, 0.1) is 11.8 Å². The minimum Gasteiger partial charge on any atom is -0.389 e.